The van der Waals surface area contributed by atoms with Crippen molar-refractivity contribution in [3.05, 3.63) is 22.6 Å². The van der Waals surface area contributed by atoms with Crippen molar-refractivity contribution in [2.75, 3.05) is 0 Å². The van der Waals surface area contributed by atoms with Gasteiger partial charge in [0, 0.05) is 0 Å². The van der Waals surface area contributed by atoms with Gasteiger partial charge in [-0.25, -0.2) is 4.79 Å². The highest BCUT2D eigenvalue weighted by Crippen LogP contribution is 2.24. The molecule has 6 heteroatoms. The van der Waals surface area contributed by atoms with Gasteiger partial charge in [-0.05, 0) is 55.8 Å². The van der Waals surface area contributed by atoms with Crippen LogP contribution in [0.15, 0.2) is 21.2 Å². The number of amides is 1. The van der Waals surface area contributed by atoms with E-state index in [2.05, 4.69) is 21.2 Å². The number of hydrogen-bond donors (Lipinski definition) is 1. The normalized spacial score (nSPS) is 14.7. The molecule has 0 radical (unpaired) electrons. The van der Waals surface area contributed by atoms with Gasteiger partial charge < -0.3 is 19.3 Å². The number of furan rings is 1. The second-order valence-electron chi connectivity index (χ2n) is 5.05. The van der Waals surface area contributed by atoms with E-state index in [0.29, 0.717) is 16.7 Å². The van der Waals surface area contributed by atoms with Crippen LogP contribution in [-0.4, -0.2) is 18.0 Å². The molecule has 0 bridgehead atoms. The molecule has 0 aliphatic rings. The number of ether oxygens (including phenoxy) is 1. The fourth-order valence-corrected chi connectivity index (χ4v) is 1.56. The summed E-state index contributed by atoms with van der Waals surface area (Å²) in [6, 6.07) is 3.25. The molecule has 0 aromatic carbocycles. The fourth-order valence-electron chi connectivity index (χ4n) is 1.26. The summed E-state index contributed by atoms with van der Waals surface area (Å²) >= 11 is 3.14. The maximum absolute atomic E-state index is 11.7. The van der Waals surface area contributed by atoms with E-state index < -0.39 is 17.2 Å². The molecule has 1 amide bonds. The zero-order valence-electron chi connectivity index (χ0n) is 10.7. The van der Waals surface area contributed by atoms with Crippen LogP contribution in [0.5, 0.6) is 0 Å². The minimum atomic E-state index is -1.26. The van der Waals surface area contributed by atoms with E-state index in [0.717, 1.165) is 0 Å². The van der Waals surface area contributed by atoms with Crippen molar-refractivity contribution in [1.82, 2.24) is 5.32 Å². The van der Waals surface area contributed by atoms with Crippen molar-refractivity contribution in [3.8, 4) is 0 Å². The lowest BCUT2D eigenvalue weighted by atomic mass is 10.0. The fraction of sp³-hybridized carbons (Fsp3) is 0.500. The second-order valence-corrected chi connectivity index (χ2v) is 5.83. The molecule has 18 heavy (non-hydrogen) atoms. The number of carbonyl (C=O) groups is 2. The quantitative estimate of drug-likeness (QED) is 0.870. The first-order valence-electron chi connectivity index (χ1n) is 5.39. The highest BCUT2D eigenvalue weighted by atomic mass is 79.9. The Labute approximate surface area is 114 Å². The van der Waals surface area contributed by atoms with Gasteiger partial charge in [-0.15, -0.1) is 0 Å². The maximum atomic E-state index is 11.7. The monoisotopic (exact) mass is 317 g/mol. The Morgan fingerprint density at radius 1 is 1.39 bits per heavy atom. The molecule has 1 heterocycles. The van der Waals surface area contributed by atoms with E-state index in [9.17, 15) is 9.59 Å². The van der Waals surface area contributed by atoms with Crippen LogP contribution in [0.4, 0.5) is 4.79 Å². The molecule has 0 aliphatic heterocycles. The smallest absolute Gasteiger partial charge is 0.408 e. The molecule has 5 nitrogen and oxygen atoms in total. The van der Waals surface area contributed by atoms with E-state index in [1.54, 1.807) is 32.9 Å². The SMILES string of the molecule is CC(C)(C)OC(=O)NC(C)(C=O)c1ccc(Br)o1. The van der Waals surface area contributed by atoms with Crippen LogP contribution in [0.3, 0.4) is 0 Å². The molecule has 1 atom stereocenters. The van der Waals surface area contributed by atoms with Gasteiger partial charge in [0.25, 0.3) is 0 Å². The lowest BCUT2D eigenvalue weighted by molar-refractivity contribution is -0.113. The predicted octanol–water partition coefficient (Wildman–Crippen LogP) is 2.98. The van der Waals surface area contributed by atoms with E-state index >= 15 is 0 Å². The summed E-state index contributed by atoms with van der Waals surface area (Å²) < 4.78 is 10.9. The van der Waals surface area contributed by atoms with Crippen LogP contribution in [0.2, 0.25) is 0 Å². The summed E-state index contributed by atoms with van der Waals surface area (Å²) in [5, 5.41) is 2.49. The van der Waals surface area contributed by atoms with Gasteiger partial charge in [-0.1, -0.05) is 0 Å². The Morgan fingerprint density at radius 2 is 2.00 bits per heavy atom. The molecule has 0 saturated heterocycles. The number of halogens is 1. The predicted molar refractivity (Wildman–Crippen MR) is 69.2 cm³/mol. The maximum Gasteiger partial charge on any atom is 0.408 e. The van der Waals surface area contributed by atoms with Gasteiger partial charge in [0.15, 0.2) is 16.5 Å². The summed E-state index contributed by atoms with van der Waals surface area (Å²) in [5.41, 5.74) is -1.88. The Balaban J connectivity index is 2.84. The number of rotatable bonds is 3. The highest BCUT2D eigenvalue weighted by molar-refractivity contribution is 9.10. The van der Waals surface area contributed by atoms with Crippen LogP contribution in [0.25, 0.3) is 0 Å². The Morgan fingerprint density at radius 3 is 2.39 bits per heavy atom. The standard InChI is InChI=1S/C12H16BrNO4/c1-11(2,3)18-10(16)14-12(4,7-15)8-5-6-9(13)17-8/h5-7H,1-4H3,(H,14,16). The minimum absolute atomic E-state index is 0.329. The molecule has 0 fully saturated rings. The summed E-state index contributed by atoms with van der Waals surface area (Å²) in [4.78, 5) is 22.9. The van der Waals surface area contributed by atoms with E-state index in [4.69, 9.17) is 9.15 Å². The van der Waals surface area contributed by atoms with E-state index in [-0.39, 0.29) is 0 Å². The summed E-state index contributed by atoms with van der Waals surface area (Å²) in [6.45, 7) is 6.77. The van der Waals surface area contributed by atoms with Crippen molar-refractivity contribution in [2.24, 2.45) is 0 Å². The molecule has 0 spiro atoms. The van der Waals surface area contributed by atoms with Crippen LogP contribution in [0, 0.1) is 0 Å². The molecule has 0 saturated carbocycles. The van der Waals surface area contributed by atoms with Crippen LogP contribution < -0.4 is 5.32 Å². The summed E-state index contributed by atoms with van der Waals surface area (Å²) in [7, 11) is 0. The van der Waals surface area contributed by atoms with Gasteiger partial charge in [0.1, 0.15) is 11.4 Å². The number of alkyl carbamates (subject to hydrolysis) is 1. The van der Waals surface area contributed by atoms with Crippen molar-refractivity contribution in [3.63, 3.8) is 0 Å². The van der Waals surface area contributed by atoms with Gasteiger partial charge in [-0.2, -0.15) is 0 Å². The third kappa shape index (κ3) is 3.87. The molecule has 100 valence electrons. The molecule has 1 N–H and O–H groups in total. The average Bonchev–Trinajstić information content (AvgIpc) is 2.62. The number of hydrogen-bond acceptors (Lipinski definition) is 4. The summed E-state index contributed by atoms with van der Waals surface area (Å²) in [6.07, 6.45) is -0.0769. The first-order chi connectivity index (χ1) is 8.16. The van der Waals surface area contributed by atoms with E-state index in [1.807, 2.05) is 0 Å². The van der Waals surface area contributed by atoms with E-state index in [1.165, 1.54) is 6.92 Å². The first kappa shape index (κ1) is 14.8. The summed E-state index contributed by atoms with van der Waals surface area (Å²) in [5.74, 6) is 0.329. The highest BCUT2D eigenvalue weighted by Gasteiger charge is 2.33. The number of carbonyl (C=O) groups excluding carboxylic acids is 2. The molecule has 1 rings (SSSR count). The molecular weight excluding hydrogens is 302 g/mol. The van der Waals surface area contributed by atoms with Crippen LogP contribution in [-0.2, 0) is 15.1 Å². The zero-order valence-corrected chi connectivity index (χ0v) is 12.3. The van der Waals surface area contributed by atoms with Crippen molar-refractivity contribution in [1.29, 1.82) is 0 Å². The van der Waals surface area contributed by atoms with Crippen molar-refractivity contribution >= 4 is 28.3 Å². The van der Waals surface area contributed by atoms with Gasteiger partial charge in [0.2, 0.25) is 0 Å². The van der Waals surface area contributed by atoms with Crippen molar-refractivity contribution in [2.45, 2.75) is 38.8 Å². The molecule has 0 aliphatic carbocycles. The molecule has 1 aromatic heterocycles. The zero-order chi connectivity index (χ0) is 14.0. The minimum Gasteiger partial charge on any atom is -0.451 e. The third-order valence-electron chi connectivity index (χ3n) is 2.08. The lowest BCUT2D eigenvalue weighted by Crippen LogP contribution is -2.46. The number of nitrogens with one attached hydrogen (secondary N) is 1. The topological polar surface area (TPSA) is 68.5 Å². The molecular formula is C12H16BrNO4. The van der Waals surface area contributed by atoms with Gasteiger partial charge in [0.05, 0.1) is 0 Å². The van der Waals surface area contributed by atoms with Crippen LogP contribution >= 0.6 is 15.9 Å². The average molecular weight is 318 g/mol. The second kappa shape index (κ2) is 5.14. The Bertz CT molecular complexity index is 449. The number of aldehydes is 1. The molecule has 1 aromatic rings. The largest absolute Gasteiger partial charge is 0.451 e. The first-order valence-corrected chi connectivity index (χ1v) is 6.19. The third-order valence-corrected chi connectivity index (χ3v) is 2.51. The van der Waals surface area contributed by atoms with Crippen LogP contribution in [0.1, 0.15) is 33.5 Å². The van der Waals surface area contributed by atoms with Gasteiger partial charge in [-0.3, -0.25) is 0 Å². The van der Waals surface area contributed by atoms with Gasteiger partial charge >= 0.3 is 6.09 Å². The van der Waals surface area contributed by atoms with Crippen molar-refractivity contribution < 1.29 is 18.7 Å². The molecule has 1 unspecified atom stereocenters. The Kier molecular flexibility index (Phi) is 4.21. The lowest BCUT2D eigenvalue weighted by Gasteiger charge is -2.25. The Hall–Kier alpha value is -1.30.